The standard InChI is InChI=1S/C25H31Cl2N3O4S/c1-17-8-4-5-9-19(17)15-29(18(2)25(32)28-20-10-6-7-11-20)24(31)16-30(35(3,33)34)21-12-13-22(26)23(27)14-21/h4-5,8-9,12-14,18,20H,6-7,10-11,15-16H2,1-3H3,(H,28,32)/t18-/m1/s1. The molecule has 0 spiro atoms. The quantitative estimate of drug-likeness (QED) is 0.506. The monoisotopic (exact) mass is 539 g/mol. The Balaban J connectivity index is 1.90. The molecule has 0 aromatic heterocycles. The lowest BCUT2D eigenvalue weighted by Gasteiger charge is -2.32. The molecule has 0 saturated heterocycles. The van der Waals surface area contributed by atoms with Gasteiger partial charge in [-0.1, -0.05) is 60.3 Å². The van der Waals surface area contributed by atoms with Crippen molar-refractivity contribution in [1.29, 1.82) is 0 Å². The van der Waals surface area contributed by atoms with E-state index in [1.54, 1.807) is 6.92 Å². The van der Waals surface area contributed by atoms with E-state index in [-0.39, 0.29) is 34.2 Å². The van der Waals surface area contributed by atoms with Gasteiger partial charge in [0.05, 0.1) is 22.0 Å². The summed E-state index contributed by atoms with van der Waals surface area (Å²) >= 11 is 12.1. The van der Waals surface area contributed by atoms with Crippen LogP contribution in [0.25, 0.3) is 0 Å². The number of hydrogen-bond acceptors (Lipinski definition) is 4. The molecule has 1 atom stereocenters. The summed E-state index contributed by atoms with van der Waals surface area (Å²) in [5.41, 5.74) is 2.06. The van der Waals surface area contributed by atoms with Crippen molar-refractivity contribution >= 4 is 50.7 Å². The zero-order valence-corrected chi connectivity index (χ0v) is 22.5. The van der Waals surface area contributed by atoms with Gasteiger partial charge in [0.1, 0.15) is 12.6 Å². The number of nitrogens with zero attached hydrogens (tertiary/aromatic N) is 2. The minimum absolute atomic E-state index is 0.101. The number of hydrogen-bond donors (Lipinski definition) is 1. The first-order valence-electron chi connectivity index (χ1n) is 11.5. The van der Waals surface area contributed by atoms with Crippen LogP contribution in [-0.4, -0.2) is 50.0 Å². The Morgan fingerprint density at radius 2 is 1.74 bits per heavy atom. The zero-order valence-electron chi connectivity index (χ0n) is 20.1. The molecule has 35 heavy (non-hydrogen) atoms. The molecular formula is C25H31Cl2N3O4S. The van der Waals surface area contributed by atoms with Crippen molar-refractivity contribution in [1.82, 2.24) is 10.2 Å². The van der Waals surface area contributed by atoms with E-state index in [2.05, 4.69) is 5.32 Å². The van der Waals surface area contributed by atoms with Crippen LogP contribution in [0.5, 0.6) is 0 Å². The van der Waals surface area contributed by atoms with Gasteiger partial charge in [-0.05, 0) is 56.0 Å². The summed E-state index contributed by atoms with van der Waals surface area (Å²) in [7, 11) is -3.84. The molecule has 1 saturated carbocycles. The molecule has 0 unspecified atom stereocenters. The Kier molecular flexibility index (Phi) is 9.07. The highest BCUT2D eigenvalue weighted by Gasteiger charge is 2.31. The van der Waals surface area contributed by atoms with Gasteiger partial charge in [0.25, 0.3) is 0 Å². The van der Waals surface area contributed by atoms with Gasteiger partial charge in [-0.2, -0.15) is 0 Å². The lowest BCUT2D eigenvalue weighted by molar-refractivity contribution is -0.139. The van der Waals surface area contributed by atoms with Gasteiger partial charge in [0.15, 0.2) is 0 Å². The molecule has 1 fully saturated rings. The summed E-state index contributed by atoms with van der Waals surface area (Å²) in [6, 6.07) is 11.3. The van der Waals surface area contributed by atoms with Crippen molar-refractivity contribution < 1.29 is 18.0 Å². The summed E-state index contributed by atoms with van der Waals surface area (Å²) in [4.78, 5) is 28.1. The molecule has 7 nitrogen and oxygen atoms in total. The Bertz CT molecular complexity index is 1180. The van der Waals surface area contributed by atoms with Crippen molar-refractivity contribution in [3.63, 3.8) is 0 Å². The third kappa shape index (κ3) is 7.12. The first kappa shape index (κ1) is 27.3. The first-order valence-corrected chi connectivity index (χ1v) is 14.1. The molecule has 1 aliphatic carbocycles. The van der Waals surface area contributed by atoms with Crippen LogP contribution in [-0.2, 0) is 26.2 Å². The Labute approximate surface area is 217 Å². The summed E-state index contributed by atoms with van der Waals surface area (Å²) in [5.74, 6) is -0.752. The van der Waals surface area contributed by atoms with E-state index in [0.717, 1.165) is 47.4 Å². The highest BCUT2D eigenvalue weighted by atomic mass is 35.5. The number of halogens is 2. The van der Waals surface area contributed by atoms with Gasteiger partial charge in [0.2, 0.25) is 21.8 Å². The predicted molar refractivity (Wildman–Crippen MR) is 140 cm³/mol. The average molecular weight is 541 g/mol. The average Bonchev–Trinajstić information content (AvgIpc) is 3.30. The number of carbonyl (C=O) groups excluding carboxylic acids is 2. The molecule has 2 amide bonds. The fourth-order valence-corrected chi connectivity index (χ4v) is 5.33. The van der Waals surface area contributed by atoms with Crippen LogP contribution in [0.3, 0.4) is 0 Å². The molecule has 190 valence electrons. The topological polar surface area (TPSA) is 86.8 Å². The van der Waals surface area contributed by atoms with E-state index < -0.39 is 28.5 Å². The number of benzene rings is 2. The van der Waals surface area contributed by atoms with Gasteiger partial charge in [-0.3, -0.25) is 13.9 Å². The maximum atomic E-state index is 13.6. The predicted octanol–water partition coefficient (Wildman–Crippen LogP) is 4.54. The second kappa shape index (κ2) is 11.6. The van der Waals surface area contributed by atoms with Crippen LogP contribution in [0.4, 0.5) is 5.69 Å². The summed E-state index contributed by atoms with van der Waals surface area (Å²) in [6.07, 6.45) is 4.99. The highest BCUT2D eigenvalue weighted by molar-refractivity contribution is 7.92. The third-order valence-corrected chi connectivity index (χ3v) is 8.22. The fourth-order valence-electron chi connectivity index (χ4n) is 4.20. The van der Waals surface area contributed by atoms with Crippen LogP contribution in [0.15, 0.2) is 42.5 Å². The van der Waals surface area contributed by atoms with E-state index in [1.807, 2.05) is 31.2 Å². The third-order valence-electron chi connectivity index (χ3n) is 6.34. The van der Waals surface area contributed by atoms with Gasteiger partial charge < -0.3 is 10.2 Å². The fraction of sp³-hybridized carbons (Fsp3) is 0.440. The number of aryl methyl sites for hydroxylation is 1. The van der Waals surface area contributed by atoms with Crippen molar-refractivity contribution in [2.75, 3.05) is 17.1 Å². The molecule has 0 radical (unpaired) electrons. The number of anilines is 1. The Morgan fingerprint density at radius 1 is 1.09 bits per heavy atom. The SMILES string of the molecule is Cc1ccccc1CN(C(=O)CN(c1ccc(Cl)c(Cl)c1)S(C)(=O)=O)[C@H](C)C(=O)NC1CCCC1. The summed E-state index contributed by atoms with van der Waals surface area (Å²) in [5, 5.41) is 3.49. The van der Waals surface area contributed by atoms with E-state index in [0.29, 0.717) is 0 Å². The number of carbonyl (C=O) groups is 2. The van der Waals surface area contributed by atoms with Crippen molar-refractivity contribution in [2.45, 2.75) is 58.2 Å². The molecule has 3 rings (SSSR count). The van der Waals surface area contributed by atoms with Gasteiger partial charge >= 0.3 is 0 Å². The minimum atomic E-state index is -3.84. The summed E-state index contributed by atoms with van der Waals surface area (Å²) < 4.78 is 26.2. The molecule has 2 aromatic carbocycles. The zero-order chi connectivity index (χ0) is 25.8. The second-order valence-corrected chi connectivity index (χ2v) is 11.7. The summed E-state index contributed by atoms with van der Waals surface area (Å²) in [6.45, 7) is 3.29. The maximum absolute atomic E-state index is 13.6. The Morgan fingerprint density at radius 3 is 2.34 bits per heavy atom. The van der Waals surface area contributed by atoms with E-state index in [1.165, 1.54) is 23.1 Å². The molecular weight excluding hydrogens is 509 g/mol. The number of rotatable bonds is 9. The van der Waals surface area contributed by atoms with Crippen LogP contribution < -0.4 is 9.62 Å². The van der Waals surface area contributed by atoms with E-state index >= 15 is 0 Å². The largest absolute Gasteiger partial charge is 0.352 e. The minimum Gasteiger partial charge on any atom is -0.352 e. The lowest BCUT2D eigenvalue weighted by atomic mass is 10.1. The number of sulfonamides is 1. The normalized spacial score (nSPS) is 15.0. The van der Waals surface area contributed by atoms with Gasteiger partial charge in [-0.15, -0.1) is 0 Å². The van der Waals surface area contributed by atoms with Gasteiger partial charge in [0, 0.05) is 12.6 Å². The second-order valence-electron chi connectivity index (χ2n) is 8.98. The van der Waals surface area contributed by atoms with Crippen molar-refractivity contribution in [3.8, 4) is 0 Å². The molecule has 10 heteroatoms. The van der Waals surface area contributed by atoms with E-state index in [4.69, 9.17) is 23.2 Å². The maximum Gasteiger partial charge on any atom is 0.244 e. The van der Waals surface area contributed by atoms with Crippen LogP contribution >= 0.6 is 23.2 Å². The number of nitrogens with one attached hydrogen (secondary N) is 1. The van der Waals surface area contributed by atoms with Crippen molar-refractivity contribution in [2.24, 2.45) is 0 Å². The number of amides is 2. The van der Waals surface area contributed by atoms with Crippen LogP contribution in [0.1, 0.15) is 43.7 Å². The highest BCUT2D eigenvalue weighted by Crippen LogP contribution is 2.29. The van der Waals surface area contributed by atoms with Crippen molar-refractivity contribution in [3.05, 3.63) is 63.6 Å². The lowest BCUT2D eigenvalue weighted by Crippen LogP contribution is -2.52. The van der Waals surface area contributed by atoms with Crippen LogP contribution in [0.2, 0.25) is 10.0 Å². The first-order chi connectivity index (χ1) is 16.5. The molecule has 2 aromatic rings. The molecule has 0 heterocycles. The van der Waals surface area contributed by atoms with Crippen LogP contribution in [0, 0.1) is 6.92 Å². The molecule has 1 N–H and O–H groups in total. The van der Waals surface area contributed by atoms with Gasteiger partial charge in [-0.25, -0.2) is 8.42 Å². The smallest absolute Gasteiger partial charge is 0.244 e. The Hall–Kier alpha value is -2.29. The molecule has 0 aliphatic heterocycles. The van der Waals surface area contributed by atoms with E-state index in [9.17, 15) is 18.0 Å². The molecule has 1 aliphatic rings. The molecule has 0 bridgehead atoms.